The fraction of sp³-hybridized carbons (Fsp3) is 0.667. The molecule has 6 heteroatoms. The maximum absolute atomic E-state index is 12.5. The Morgan fingerprint density at radius 3 is 2.78 bits per heavy atom. The summed E-state index contributed by atoms with van der Waals surface area (Å²) in [5, 5.41) is 3.31. The lowest BCUT2D eigenvalue weighted by atomic mass is 10.1. The summed E-state index contributed by atoms with van der Waals surface area (Å²) in [6, 6.07) is 3.69. The SMILES string of the molecule is Cc1ccc(S(=O)(=O)N(C)C2CCCNCC2)s1. The van der Waals surface area contributed by atoms with Crippen LogP contribution in [0.4, 0.5) is 0 Å². The van der Waals surface area contributed by atoms with Gasteiger partial charge in [0.25, 0.3) is 10.0 Å². The van der Waals surface area contributed by atoms with Crippen LogP contribution in [-0.2, 0) is 10.0 Å². The van der Waals surface area contributed by atoms with Gasteiger partial charge in [0, 0.05) is 18.0 Å². The molecular weight excluding hydrogens is 268 g/mol. The first kappa shape index (κ1) is 14.0. The third-order valence-corrected chi connectivity index (χ3v) is 6.79. The second kappa shape index (κ2) is 5.69. The Morgan fingerprint density at radius 2 is 2.11 bits per heavy atom. The van der Waals surface area contributed by atoms with Gasteiger partial charge in [-0.2, -0.15) is 4.31 Å². The van der Waals surface area contributed by atoms with Crippen molar-refractivity contribution < 1.29 is 8.42 Å². The van der Waals surface area contributed by atoms with Crippen molar-refractivity contribution in [3.05, 3.63) is 17.0 Å². The van der Waals surface area contributed by atoms with Crippen molar-refractivity contribution in [1.82, 2.24) is 9.62 Å². The quantitative estimate of drug-likeness (QED) is 0.923. The van der Waals surface area contributed by atoms with Crippen molar-refractivity contribution >= 4 is 21.4 Å². The minimum Gasteiger partial charge on any atom is -0.317 e. The van der Waals surface area contributed by atoms with E-state index in [9.17, 15) is 8.42 Å². The average molecular weight is 288 g/mol. The number of nitrogens with zero attached hydrogens (tertiary/aromatic N) is 1. The number of nitrogens with one attached hydrogen (secondary N) is 1. The van der Waals surface area contributed by atoms with Gasteiger partial charge in [-0.3, -0.25) is 0 Å². The zero-order valence-corrected chi connectivity index (χ0v) is 12.5. The number of aryl methyl sites for hydroxylation is 1. The number of rotatable bonds is 3. The van der Waals surface area contributed by atoms with E-state index < -0.39 is 10.0 Å². The molecule has 1 aromatic heterocycles. The summed E-state index contributed by atoms with van der Waals surface area (Å²) in [6.07, 6.45) is 2.86. The van der Waals surface area contributed by atoms with Gasteiger partial charge in [0.1, 0.15) is 4.21 Å². The molecule has 0 radical (unpaired) electrons. The third kappa shape index (κ3) is 2.93. The fourth-order valence-corrected chi connectivity index (χ4v) is 5.14. The molecule has 2 rings (SSSR count). The Bertz CT molecular complexity index is 488. The van der Waals surface area contributed by atoms with Crippen LogP contribution < -0.4 is 5.32 Å². The zero-order valence-electron chi connectivity index (χ0n) is 10.8. The van der Waals surface area contributed by atoms with Crippen molar-refractivity contribution in [2.45, 2.75) is 36.4 Å². The Morgan fingerprint density at radius 1 is 1.33 bits per heavy atom. The zero-order chi connectivity index (χ0) is 13.2. The molecule has 1 fully saturated rings. The van der Waals surface area contributed by atoms with E-state index in [1.54, 1.807) is 17.4 Å². The van der Waals surface area contributed by atoms with E-state index in [0.717, 1.165) is 37.2 Å². The van der Waals surface area contributed by atoms with Crippen LogP contribution in [-0.4, -0.2) is 38.9 Å². The third-order valence-electron chi connectivity index (χ3n) is 3.41. The summed E-state index contributed by atoms with van der Waals surface area (Å²) in [4.78, 5) is 1.03. The molecule has 1 aliphatic heterocycles. The molecule has 1 atom stereocenters. The maximum atomic E-state index is 12.5. The molecule has 0 amide bonds. The van der Waals surface area contributed by atoms with Crippen LogP contribution in [0.25, 0.3) is 0 Å². The standard InChI is InChI=1S/C12H20N2O2S2/c1-10-5-6-12(17-10)18(15,16)14(2)11-4-3-8-13-9-7-11/h5-6,11,13H,3-4,7-9H2,1-2H3. The molecule has 0 aromatic carbocycles. The molecular formula is C12H20N2O2S2. The van der Waals surface area contributed by atoms with Crippen LogP contribution >= 0.6 is 11.3 Å². The predicted molar refractivity (Wildman–Crippen MR) is 74.5 cm³/mol. The Balaban J connectivity index is 2.18. The highest BCUT2D eigenvalue weighted by molar-refractivity contribution is 7.91. The van der Waals surface area contributed by atoms with Gasteiger partial charge in [-0.05, 0) is 51.4 Å². The first-order valence-electron chi connectivity index (χ1n) is 6.27. The highest BCUT2D eigenvalue weighted by Gasteiger charge is 2.29. The van der Waals surface area contributed by atoms with Gasteiger partial charge in [-0.25, -0.2) is 8.42 Å². The highest BCUT2D eigenvalue weighted by Crippen LogP contribution is 2.26. The Kier molecular flexibility index (Phi) is 4.42. The molecule has 4 nitrogen and oxygen atoms in total. The smallest absolute Gasteiger partial charge is 0.252 e. The average Bonchev–Trinajstić information content (AvgIpc) is 2.63. The summed E-state index contributed by atoms with van der Waals surface area (Å²) >= 11 is 1.35. The number of sulfonamides is 1. The number of hydrogen-bond acceptors (Lipinski definition) is 4. The van der Waals surface area contributed by atoms with Crippen molar-refractivity contribution in [2.75, 3.05) is 20.1 Å². The van der Waals surface area contributed by atoms with E-state index in [1.165, 1.54) is 11.3 Å². The van der Waals surface area contributed by atoms with Gasteiger partial charge >= 0.3 is 0 Å². The van der Waals surface area contributed by atoms with E-state index in [2.05, 4.69) is 5.32 Å². The summed E-state index contributed by atoms with van der Waals surface area (Å²) < 4.78 is 27.0. The monoisotopic (exact) mass is 288 g/mol. The first-order chi connectivity index (χ1) is 8.51. The predicted octanol–water partition coefficient (Wildman–Crippen LogP) is 1.82. The highest BCUT2D eigenvalue weighted by atomic mass is 32.2. The van der Waals surface area contributed by atoms with Crippen LogP contribution in [0.5, 0.6) is 0 Å². The lowest BCUT2D eigenvalue weighted by molar-refractivity contribution is 0.342. The van der Waals surface area contributed by atoms with Crippen LogP contribution in [0.2, 0.25) is 0 Å². The second-order valence-electron chi connectivity index (χ2n) is 4.72. The molecule has 0 spiro atoms. The van der Waals surface area contributed by atoms with Gasteiger partial charge in [0.05, 0.1) is 0 Å². The van der Waals surface area contributed by atoms with Crippen molar-refractivity contribution in [3.63, 3.8) is 0 Å². The molecule has 18 heavy (non-hydrogen) atoms. The molecule has 1 unspecified atom stereocenters. The Hall–Kier alpha value is -0.430. The molecule has 102 valence electrons. The molecule has 0 aliphatic carbocycles. The number of thiophene rings is 1. The maximum Gasteiger partial charge on any atom is 0.252 e. The van der Waals surface area contributed by atoms with Gasteiger partial charge < -0.3 is 5.32 Å². The summed E-state index contributed by atoms with van der Waals surface area (Å²) in [5.41, 5.74) is 0. The van der Waals surface area contributed by atoms with Crippen molar-refractivity contribution in [2.24, 2.45) is 0 Å². The molecule has 1 aromatic rings. The fourth-order valence-electron chi connectivity index (χ4n) is 2.25. The van der Waals surface area contributed by atoms with Crippen LogP contribution in [0, 0.1) is 6.92 Å². The molecule has 2 heterocycles. The van der Waals surface area contributed by atoms with Crippen LogP contribution in [0.15, 0.2) is 16.3 Å². The molecule has 1 N–H and O–H groups in total. The summed E-state index contributed by atoms with van der Waals surface area (Å²) in [6.45, 7) is 3.82. The van der Waals surface area contributed by atoms with Crippen LogP contribution in [0.1, 0.15) is 24.1 Å². The molecule has 0 saturated carbocycles. The van der Waals surface area contributed by atoms with Crippen molar-refractivity contribution in [3.8, 4) is 0 Å². The van der Waals surface area contributed by atoms with E-state index in [-0.39, 0.29) is 6.04 Å². The van der Waals surface area contributed by atoms with Gasteiger partial charge in [-0.1, -0.05) is 0 Å². The molecule has 1 aliphatic rings. The summed E-state index contributed by atoms with van der Waals surface area (Å²) in [5.74, 6) is 0. The lowest BCUT2D eigenvalue weighted by Crippen LogP contribution is -2.37. The topological polar surface area (TPSA) is 49.4 Å². The van der Waals surface area contributed by atoms with Gasteiger partial charge in [0.15, 0.2) is 0 Å². The lowest BCUT2D eigenvalue weighted by Gasteiger charge is -2.25. The first-order valence-corrected chi connectivity index (χ1v) is 8.52. The summed E-state index contributed by atoms with van der Waals surface area (Å²) in [7, 11) is -1.60. The van der Waals surface area contributed by atoms with Gasteiger partial charge in [-0.15, -0.1) is 11.3 Å². The Labute approximate surface area is 113 Å². The van der Waals surface area contributed by atoms with E-state index in [0.29, 0.717) is 4.21 Å². The molecule has 0 bridgehead atoms. The van der Waals surface area contributed by atoms with Crippen molar-refractivity contribution in [1.29, 1.82) is 0 Å². The normalized spacial score (nSPS) is 22.1. The van der Waals surface area contributed by atoms with E-state index >= 15 is 0 Å². The minimum atomic E-state index is -3.31. The van der Waals surface area contributed by atoms with Gasteiger partial charge in [0.2, 0.25) is 0 Å². The largest absolute Gasteiger partial charge is 0.317 e. The second-order valence-corrected chi connectivity index (χ2v) is 8.23. The van der Waals surface area contributed by atoms with Crippen LogP contribution in [0.3, 0.4) is 0 Å². The number of hydrogen-bond donors (Lipinski definition) is 1. The van der Waals surface area contributed by atoms with E-state index in [4.69, 9.17) is 0 Å². The molecule has 1 saturated heterocycles. The minimum absolute atomic E-state index is 0.118. The van der Waals surface area contributed by atoms with E-state index in [1.807, 2.05) is 13.0 Å².